The van der Waals surface area contributed by atoms with Crippen LogP contribution in [0.2, 0.25) is 0 Å². The molecule has 0 spiro atoms. The average molecular weight is 605 g/mol. The summed E-state index contributed by atoms with van der Waals surface area (Å²) in [6, 6.07) is 0. The zero-order valence-corrected chi connectivity index (χ0v) is 25.6. The van der Waals surface area contributed by atoms with E-state index in [1.165, 1.54) is 0 Å². The molecule has 0 amide bonds. The monoisotopic (exact) mass is 604 g/mol. The number of hydrogen-bond donors (Lipinski definition) is 1. The van der Waals surface area contributed by atoms with E-state index in [4.69, 9.17) is 52.1 Å². The van der Waals surface area contributed by atoms with Crippen molar-refractivity contribution in [3.8, 4) is 0 Å². The van der Waals surface area contributed by atoms with Crippen LogP contribution < -0.4 is 0 Å². The van der Waals surface area contributed by atoms with Crippen molar-refractivity contribution < 1.29 is 66.8 Å². The molecule has 0 aromatic rings. The van der Waals surface area contributed by atoms with Gasteiger partial charge in [0.1, 0.15) is 36.6 Å². The van der Waals surface area contributed by atoms with Crippen LogP contribution >= 0.6 is 0 Å². The van der Waals surface area contributed by atoms with E-state index in [0.717, 1.165) is 0 Å². The molecule has 1 N–H and O–H groups in total. The molecule has 0 bridgehead atoms. The highest BCUT2D eigenvalue weighted by Crippen LogP contribution is 2.41. The molecule has 6 heterocycles. The molecule has 6 fully saturated rings. The fraction of sp³-hybridized carbons (Fsp3) is 0.929. The number of aliphatic hydroxyl groups excluding tert-OH is 1. The van der Waals surface area contributed by atoms with Crippen molar-refractivity contribution >= 4 is 11.9 Å². The number of ether oxygens (including phenoxy) is 11. The molecular formula is C28H44O14. The quantitative estimate of drug-likeness (QED) is 0.452. The van der Waals surface area contributed by atoms with Crippen LogP contribution in [0.5, 0.6) is 0 Å². The number of aliphatic hydroxyl groups is 1. The van der Waals surface area contributed by atoms with Crippen molar-refractivity contribution in [3.05, 3.63) is 0 Å². The molecule has 6 aliphatic heterocycles. The lowest BCUT2D eigenvalue weighted by Crippen LogP contribution is -2.59. The molecule has 14 nitrogen and oxygen atoms in total. The van der Waals surface area contributed by atoms with Gasteiger partial charge in [-0.2, -0.15) is 0 Å². The molecule has 1 unspecified atom stereocenters. The zero-order chi connectivity index (χ0) is 30.8. The van der Waals surface area contributed by atoms with E-state index in [9.17, 15) is 14.7 Å². The first-order chi connectivity index (χ1) is 19.4. The summed E-state index contributed by atoms with van der Waals surface area (Å²) in [5, 5.41) is 9.86. The van der Waals surface area contributed by atoms with Crippen molar-refractivity contribution in [1.82, 2.24) is 0 Å². The SMILES string of the molecule is CC1(C)O[C@@H]2[C@@H](OC(=O)[C@@H]2O)[C@@H]([C@H]2COC(C)(C)O2)O1.CCO[C@H]1C(=O)O[C@@H]2[C@H]1OC(C)(C)O[C@@H]2C1COC(C)(C)O1. The van der Waals surface area contributed by atoms with Crippen LogP contribution in [0.25, 0.3) is 0 Å². The van der Waals surface area contributed by atoms with Gasteiger partial charge in [-0.05, 0) is 62.3 Å². The fourth-order valence-corrected chi connectivity index (χ4v) is 6.10. The van der Waals surface area contributed by atoms with E-state index in [2.05, 4.69) is 0 Å². The topological polar surface area (TPSA) is 156 Å². The first kappa shape index (κ1) is 31.9. The summed E-state index contributed by atoms with van der Waals surface area (Å²) in [5.41, 5.74) is 0. The molecule has 6 saturated heterocycles. The van der Waals surface area contributed by atoms with Gasteiger partial charge in [-0.25, -0.2) is 9.59 Å². The minimum absolute atomic E-state index is 0.321. The smallest absolute Gasteiger partial charge is 0.338 e. The van der Waals surface area contributed by atoms with Crippen molar-refractivity contribution in [2.45, 2.75) is 147 Å². The summed E-state index contributed by atoms with van der Waals surface area (Å²) in [4.78, 5) is 23.6. The van der Waals surface area contributed by atoms with Crippen LogP contribution in [0.1, 0.15) is 62.3 Å². The largest absolute Gasteiger partial charge is 0.455 e. The third kappa shape index (κ3) is 6.48. The molecule has 10 atom stereocenters. The Balaban J connectivity index is 0.000000169. The molecular weight excluding hydrogens is 560 g/mol. The van der Waals surface area contributed by atoms with E-state index < -0.39 is 83.9 Å². The Bertz CT molecular complexity index is 1030. The van der Waals surface area contributed by atoms with Gasteiger partial charge in [0, 0.05) is 6.61 Å². The van der Waals surface area contributed by atoms with E-state index in [1.54, 1.807) is 13.8 Å². The summed E-state index contributed by atoms with van der Waals surface area (Å²) >= 11 is 0. The lowest BCUT2D eigenvalue weighted by molar-refractivity contribution is -0.343. The molecule has 42 heavy (non-hydrogen) atoms. The van der Waals surface area contributed by atoms with Gasteiger partial charge in [-0.15, -0.1) is 0 Å². The Kier molecular flexibility index (Phi) is 8.49. The number of rotatable bonds is 4. The highest BCUT2D eigenvalue weighted by molar-refractivity contribution is 5.78. The van der Waals surface area contributed by atoms with Gasteiger partial charge in [0.25, 0.3) is 0 Å². The van der Waals surface area contributed by atoms with Gasteiger partial charge < -0.3 is 57.2 Å². The maximum atomic E-state index is 12.1. The molecule has 0 saturated carbocycles. The molecule has 6 aliphatic rings. The Labute approximate surface area is 245 Å². The average Bonchev–Trinajstić information content (AvgIpc) is 3.59. The van der Waals surface area contributed by atoms with Crippen LogP contribution in [-0.2, 0) is 61.7 Å². The van der Waals surface area contributed by atoms with Crippen LogP contribution in [0.15, 0.2) is 0 Å². The van der Waals surface area contributed by atoms with E-state index in [1.807, 2.05) is 48.5 Å². The first-order valence-corrected chi connectivity index (χ1v) is 14.5. The van der Waals surface area contributed by atoms with Gasteiger partial charge in [-0.1, -0.05) is 0 Å². The summed E-state index contributed by atoms with van der Waals surface area (Å²) in [5.74, 6) is -4.27. The summed E-state index contributed by atoms with van der Waals surface area (Å²) < 4.78 is 62.3. The number of carbonyl (C=O) groups excluding carboxylic acids is 2. The summed E-state index contributed by atoms with van der Waals surface area (Å²) in [6.07, 6.45) is -6.20. The van der Waals surface area contributed by atoms with Crippen LogP contribution in [-0.4, -0.2) is 121 Å². The summed E-state index contributed by atoms with van der Waals surface area (Å²) in [7, 11) is 0. The van der Waals surface area contributed by atoms with Crippen molar-refractivity contribution in [2.24, 2.45) is 0 Å². The molecule has 0 radical (unpaired) electrons. The molecule has 0 aromatic carbocycles. The molecule has 0 aromatic heterocycles. The highest BCUT2D eigenvalue weighted by atomic mass is 16.8. The predicted molar refractivity (Wildman–Crippen MR) is 139 cm³/mol. The second kappa shape index (κ2) is 11.2. The van der Waals surface area contributed by atoms with E-state index in [0.29, 0.717) is 19.8 Å². The fourth-order valence-electron chi connectivity index (χ4n) is 6.10. The van der Waals surface area contributed by atoms with E-state index in [-0.39, 0.29) is 12.2 Å². The second-order valence-corrected chi connectivity index (χ2v) is 13.0. The van der Waals surface area contributed by atoms with Gasteiger partial charge in [0.2, 0.25) is 0 Å². The molecule has 0 aliphatic carbocycles. The number of hydrogen-bond acceptors (Lipinski definition) is 14. The van der Waals surface area contributed by atoms with Crippen LogP contribution in [0, 0.1) is 0 Å². The van der Waals surface area contributed by atoms with Crippen LogP contribution in [0.4, 0.5) is 0 Å². The Morgan fingerprint density at radius 2 is 1.05 bits per heavy atom. The van der Waals surface area contributed by atoms with Gasteiger partial charge in [0.05, 0.1) is 13.2 Å². The minimum atomic E-state index is -1.29. The van der Waals surface area contributed by atoms with Crippen LogP contribution in [0.3, 0.4) is 0 Å². The zero-order valence-electron chi connectivity index (χ0n) is 25.6. The molecule has 14 heteroatoms. The number of carbonyl (C=O) groups is 2. The van der Waals surface area contributed by atoms with Gasteiger partial charge in [0.15, 0.2) is 47.6 Å². The van der Waals surface area contributed by atoms with Crippen molar-refractivity contribution in [2.75, 3.05) is 19.8 Å². The van der Waals surface area contributed by atoms with Gasteiger partial charge >= 0.3 is 11.9 Å². The van der Waals surface area contributed by atoms with Crippen molar-refractivity contribution in [1.29, 1.82) is 0 Å². The lowest BCUT2D eigenvalue weighted by Gasteiger charge is -2.44. The van der Waals surface area contributed by atoms with E-state index >= 15 is 0 Å². The molecule has 240 valence electrons. The lowest BCUT2D eigenvalue weighted by atomic mass is 9.99. The maximum Gasteiger partial charge on any atom is 0.338 e. The summed E-state index contributed by atoms with van der Waals surface area (Å²) in [6.45, 7) is 17.4. The first-order valence-electron chi connectivity index (χ1n) is 14.5. The Morgan fingerprint density at radius 1 is 0.619 bits per heavy atom. The standard InChI is InChI=1S/C15H24O7.C13H20O7/c1-6-17-12-11-10(19-13(12)16)9(21-15(4,5)22-11)8-7-18-14(2,3)20-8;1-12(2)16-5-6(18-12)8-10-9(7(14)11(15)17-10)20-13(3,4)19-8/h8-12H,6-7H2,1-5H3;6-10,14H,5H2,1-4H3/t8?,9-,10+,11-,12-;6-,7-,8-,9+,10+/m11/s1. The third-order valence-electron chi connectivity index (χ3n) is 7.70. The predicted octanol–water partition coefficient (Wildman–Crippen LogP) is 0.933. The Morgan fingerprint density at radius 3 is 1.50 bits per heavy atom. The minimum Gasteiger partial charge on any atom is -0.455 e. The number of fused-ring (bicyclic) bond motifs is 2. The Hall–Kier alpha value is -1.46. The highest BCUT2D eigenvalue weighted by Gasteiger charge is 2.60. The second-order valence-electron chi connectivity index (χ2n) is 13.0. The van der Waals surface area contributed by atoms with Gasteiger partial charge in [-0.3, -0.25) is 0 Å². The number of esters is 2. The maximum absolute atomic E-state index is 12.1. The van der Waals surface area contributed by atoms with Crippen molar-refractivity contribution in [3.63, 3.8) is 0 Å². The molecule has 6 rings (SSSR count). The normalized spacial score (nSPS) is 44.4. The third-order valence-corrected chi connectivity index (χ3v) is 7.70.